The Bertz CT molecular complexity index is 629. The maximum atomic E-state index is 6.06. The maximum Gasteiger partial charge on any atom is 0.170 e. The predicted octanol–water partition coefficient (Wildman–Crippen LogP) is 3.66. The van der Waals surface area contributed by atoms with Gasteiger partial charge in [-0.3, -0.25) is 4.90 Å². The van der Waals surface area contributed by atoms with Gasteiger partial charge in [0, 0.05) is 19.7 Å². The largest absolute Gasteiger partial charge is 0.354 e. The topological polar surface area (TPSA) is 21.7 Å². The fourth-order valence-corrected chi connectivity index (χ4v) is 3.29. The van der Waals surface area contributed by atoms with E-state index in [-0.39, 0.29) is 18.4 Å². The predicted molar refractivity (Wildman–Crippen MR) is 96.7 cm³/mol. The van der Waals surface area contributed by atoms with E-state index in [1.807, 2.05) is 6.08 Å². The van der Waals surface area contributed by atoms with Crippen LogP contribution in [0.2, 0.25) is 0 Å². The molecule has 1 heterocycles. The van der Waals surface area contributed by atoms with Gasteiger partial charge in [-0.15, -0.1) is 6.58 Å². The highest BCUT2D eigenvalue weighted by molar-refractivity contribution is 5.19. The Labute approximate surface area is 144 Å². The number of morpholine rings is 1. The first-order chi connectivity index (χ1) is 11.8. The smallest absolute Gasteiger partial charge is 0.170 e. The minimum Gasteiger partial charge on any atom is -0.354 e. The second-order valence-electron chi connectivity index (χ2n) is 6.17. The molecule has 3 rings (SSSR count). The molecule has 2 aromatic carbocycles. The van der Waals surface area contributed by atoms with Crippen LogP contribution < -0.4 is 0 Å². The van der Waals surface area contributed by atoms with Crippen molar-refractivity contribution in [1.29, 1.82) is 0 Å². The summed E-state index contributed by atoms with van der Waals surface area (Å²) >= 11 is 0. The van der Waals surface area contributed by atoms with Crippen molar-refractivity contribution in [2.45, 2.75) is 31.4 Å². The van der Waals surface area contributed by atoms with Gasteiger partial charge in [0.05, 0.1) is 12.6 Å². The fraction of sp³-hybridized carbons (Fsp3) is 0.333. The standard InChI is InChI=1S/C21H25NO2/c1-3-20-19(14-17-10-6-4-7-11-17)22(16-21(23-2)24-20)15-18-12-8-5-9-13-18/h3-13,19-21H,1,14-16H2,2H3/t19-,20-,21?/m0/s1. The summed E-state index contributed by atoms with van der Waals surface area (Å²) < 4.78 is 11.5. The number of hydrogen-bond donors (Lipinski definition) is 0. The summed E-state index contributed by atoms with van der Waals surface area (Å²) in [5.74, 6) is 0. The minimum atomic E-state index is -0.219. The summed E-state index contributed by atoms with van der Waals surface area (Å²) in [7, 11) is 1.70. The maximum absolute atomic E-state index is 6.06. The fourth-order valence-electron chi connectivity index (χ4n) is 3.29. The van der Waals surface area contributed by atoms with Crippen LogP contribution in [0.3, 0.4) is 0 Å². The molecule has 24 heavy (non-hydrogen) atoms. The molecule has 1 saturated heterocycles. The molecule has 3 nitrogen and oxygen atoms in total. The van der Waals surface area contributed by atoms with Crippen LogP contribution >= 0.6 is 0 Å². The molecule has 3 atom stereocenters. The van der Waals surface area contributed by atoms with Gasteiger partial charge >= 0.3 is 0 Å². The molecule has 0 N–H and O–H groups in total. The van der Waals surface area contributed by atoms with Crippen molar-refractivity contribution in [2.24, 2.45) is 0 Å². The first-order valence-corrected chi connectivity index (χ1v) is 8.43. The first-order valence-electron chi connectivity index (χ1n) is 8.43. The Hall–Kier alpha value is -1.94. The Morgan fingerprint density at radius 1 is 1.08 bits per heavy atom. The highest BCUT2D eigenvalue weighted by Gasteiger charge is 2.35. The van der Waals surface area contributed by atoms with Gasteiger partial charge in [-0.1, -0.05) is 66.7 Å². The number of hydrogen-bond acceptors (Lipinski definition) is 3. The van der Waals surface area contributed by atoms with Crippen molar-refractivity contribution >= 4 is 0 Å². The quantitative estimate of drug-likeness (QED) is 0.757. The van der Waals surface area contributed by atoms with E-state index in [0.717, 1.165) is 19.5 Å². The van der Waals surface area contributed by atoms with Gasteiger partial charge in [0.25, 0.3) is 0 Å². The molecule has 2 aromatic rings. The lowest BCUT2D eigenvalue weighted by molar-refractivity contribution is -0.206. The van der Waals surface area contributed by atoms with Gasteiger partial charge in [0.15, 0.2) is 6.29 Å². The third kappa shape index (κ3) is 4.12. The molecule has 0 bridgehead atoms. The number of methoxy groups -OCH3 is 1. The van der Waals surface area contributed by atoms with E-state index in [4.69, 9.17) is 9.47 Å². The summed E-state index contributed by atoms with van der Waals surface area (Å²) in [6.07, 6.45) is 2.56. The van der Waals surface area contributed by atoms with Crippen molar-refractivity contribution in [3.05, 3.63) is 84.4 Å². The van der Waals surface area contributed by atoms with E-state index >= 15 is 0 Å². The Balaban J connectivity index is 1.82. The Morgan fingerprint density at radius 3 is 2.29 bits per heavy atom. The van der Waals surface area contributed by atoms with Crippen molar-refractivity contribution in [1.82, 2.24) is 4.90 Å². The van der Waals surface area contributed by atoms with Crippen molar-refractivity contribution in [2.75, 3.05) is 13.7 Å². The number of ether oxygens (including phenoxy) is 2. The molecular formula is C21H25NO2. The van der Waals surface area contributed by atoms with Crippen molar-refractivity contribution in [3.8, 4) is 0 Å². The summed E-state index contributed by atoms with van der Waals surface area (Å²) in [6, 6.07) is 21.4. The number of nitrogens with zero attached hydrogens (tertiary/aromatic N) is 1. The zero-order valence-electron chi connectivity index (χ0n) is 14.2. The molecule has 0 aromatic heterocycles. The lowest BCUT2D eigenvalue weighted by Gasteiger charge is -2.43. The first kappa shape index (κ1) is 16.9. The van der Waals surface area contributed by atoms with Crippen molar-refractivity contribution < 1.29 is 9.47 Å². The van der Waals surface area contributed by atoms with E-state index in [2.05, 4.69) is 72.1 Å². The zero-order valence-corrected chi connectivity index (χ0v) is 14.2. The Kier molecular flexibility index (Phi) is 5.81. The molecule has 1 fully saturated rings. The Morgan fingerprint density at radius 2 is 1.71 bits per heavy atom. The van der Waals surface area contributed by atoms with E-state index in [9.17, 15) is 0 Å². The average molecular weight is 323 g/mol. The van der Waals surface area contributed by atoms with Crippen LogP contribution in [0.15, 0.2) is 73.3 Å². The highest BCUT2D eigenvalue weighted by atomic mass is 16.7. The van der Waals surface area contributed by atoms with Crippen LogP contribution in [0.25, 0.3) is 0 Å². The average Bonchev–Trinajstić information content (AvgIpc) is 2.64. The molecule has 1 aliphatic rings. The molecular weight excluding hydrogens is 298 g/mol. The van der Waals surface area contributed by atoms with Gasteiger partial charge in [-0.05, 0) is 17.5 Å². The highest BCUT2D eigenvalue weighted by Crippen LogP contribution is 2.25. The van der Waals surface area contributed by atoms with Crippen LogP contribution in [-0.4, -0.2) is 37.0 Å². The second-order valence-corrected chi connectivity index (χ2v) is 6.17. The molecule has 0 spiro atoms. The number of benzene rings is 2. The lowest BCUT2D eigenvalue weighted by Crippen LogP contribution is -2.55. The molecule has 1 unspecified atom stereocenters. The van der Waals surface area contributed by atoms with Crippen LogP contribution in [0, 0.1) is 0 Å². The van der Waals surface area contributed by atoms with Crippen LogP contribution in [0.4, 0.5) is 0 Å². The summed E-state index contributed by atoms with van der Waals surface area (Å²) in [5.41, 5.74) is 2.61. The van der Waals surface area contributed by atoms with Gasteiger partial charge in [0.1, 0.15) is 0 Å². The van der Waals surface area contributed by atoms with Crippen LogP contribution in [-0.2, 0) is 22.4 Å². The molecule has 0 aliphatic carbocycles. The molecule has 0 amide bonds. The summed E-state index contributed by atoms with van der Waals surface area (Å²) in [5, 5.41) is 0. The van der Waals surface area contributed by atoms with Gasteiger partial charge < -0.3 is 9.47 Å². The summed E-state index contributed by atoms with van der Waals surface area (Å²) in [4.78, 5) is 2.45. The molecule has 3 heteroatoms. The third-order valence-corrected chi connectivity index (χ3v) is 4.55. The minimum absolute atomic E-state index is 0.0485. The molecule has 1 aliphatic heterocycles. The van der Waals surface area contributed by atoms with Crippen molar-refractivity contribution in [3.63, 3.8) is 0 Å². The second kappa shape index (κ2) is 8.25. The number of rotatable bonds is 6. The van der Waals surface area contributed by atoms with Crippen LogP contribution in [0.1, 0.15) is 11.1 Å². The summed E-state index contributed by atoms with van der Waals surface area (Å²) in [6.45, 7) is 5.62. The van der Waals surface area contributed by atoms with Gasteiger partial charge in [0.2, 0.25) is 0 Å². The molecule has 0 saturated carbocycles. The molecule has 126 valence electrons. The zero-order chi connectivity index (χ0) is 16.8. The third-order valence-electron chi connectivity index (χ3n) is 4.55. The SMILES string of the molecule is C=C[C@@H]1OC(OC)CN(Cc2ccccc2)[C@H]1Cc1ccccc1. The van der Waals surface area contributed by atoms with Gasteiger partial charge in [-0.25, -0.2) is 0 Å². The lowest BCUT2D eigenvalue weighted by atomic mass is 9.97. The monoisotopic (exact) mass is 323 g/mol. The van der Waals surface area contributed by atoms with E-state index < -0.39 is 0 Å². The van der Waals surface area contributed by atoms with E-state index in [1.54, 1.807) is 7.11 Å². The van der Waals surface area contributed by atoms with E-state index in [1.165, 1.54) is 11.1 Å². The van der Waals surface area contributed by atoms with Gasteiger partial charge in [-0.2, -0.15) is 0 Å². The van der Waals surface area contributed by atoms with E-state index in [0.29, 0.717) is 0 Å². The molecule has 0 radical (unpaired) electrons. The van der Waals surface area contributed by atoms with Crippen LogP contribution in [0.5, 0.6) is 0 Å². The normalized spacial score (nSPS) is 24.6.